The number of carbonyl (C=O) groups is 1. The first-order valence-electron chi connectivity index (χ1n) is 10.7. The van der Waals surface area contributed by atoms with Gasteiger partial charge in [0.2, 0.25) is 5.91 Å². The number of aromatic amines is 1. The topological polar surface area (TPSA) is 49.0 Å². The molecule has 7 rings (SSSR count). The average Bonchev–Trinajstić information content (AvgIpc) is 3.09. The van der Waals surface area contributed by atoms with Gasteiger partial charge in [-0.3, -0.25) is 9.89 Å². The number of H-pyrrole nitrogens is 1. The summed E-state index contributed by atoms with van der Waals surface area (Å²) < 4.78 is 0. The maximum atomic E-state index is 13.8. The van der Waals surface area contributed by atoms with E-state index in [1.807, 2.05) is 24.3 Å². The summed E-state index contributed by atoms with van der Waals surface area (Å²) in [6.45, 7) is 1.49. The van der Waals surface area contributed by atoms with E-state index in [-0.39, 0.29) is 5.41 Å². The maximum absolute atomic E-state index is 13.8. The molecule has 2 aromatic rings. The molecule has 5 heteroatoms. The Bertz CT molecular complexity index is 914. The van der Waals surface area contributed by atoms with Gasteiger partial charge in [0.05, 0.1) is 11.1 Å². The van der Waals surface area contributed by atoms with Crippen molar-refractivity contribution in [1.29, 1.82) is 0 Å². The summed E-state index contributed by atoms with van der Waals surface area (Å²) >= 11 is 6.20. The third-order valence-corrected chi connectivity index (χ3v) is 8.05. The van der Waals surface area contributed by atoms with E-state index in [9.17, 15) is 4.79 Å². The lowest BCUT2D eigenvalue weighted by atomic mass is 9.49. The number of fused-ring (bicyclic) bond motifs is 1. The first kappa shape index (κ1) is 17.1. The van der Waals surface area contributed by atoms with Crippen molar-refractivity contribution in [1.82, 2.24) is 15.1 Å². The lowest BCUT2D eigenvalue weighted by Gasteiger charge is -2.56. The van der Waals surface area contributed by atoms with E-state index in [0.717, 1.165) is 61.2 Å². The van der Waals surface area contributed by atoms with Crippen LogP contribution in [0.1, 0.15) is 49.8 Å². The predicted octanol–water partition coefficient (Wildman–Crippen LogP) is 4.83. The Morgan fingerprint density at radius 3 is 2.54 bits per heavy atom. The van der Waals surface area contributed by atoms with E-state index in [2.05, 4.69) is 15.1 Å². The molecule has 0 unspecified atom stereocenters. The second kappa shape index (κ2) is 6.09. The van der Waals surface area contributed by atoms with Crippen molar-refractivity contribution in [3.05, 3.63) is 40.5 Å². The quantitative estimate of drug-likeness (QED) is 0.791. The zero-order valence-corrected chi connectivity index (χ0v) is 16.8. The fraction of sp³-hybridized carbons (Fsp3) is 0.565. The molecule has 4 saturated carbocycles. The molecule has 4 aliphatic carbocycles. The Hall–Kier alpha value is -1.81. The van der Waals surface area contributed by atoms with E-state index in [4.69, 9.17) is 11.6 Å². The van der Waals surface area contributed by atoms with E-state index in [1.165, 1.54) is 30.5 Å². The molecule has 5 aliphatic rings. The third kappa shape index (κ3) is 2.57. The molecule has 1 N–H and O–H groups in total. The molecule has 0 saturated heterocycles. The fourth-order valence-corrected chi connectivity index (χ4v) is 7.24. The van der Waals surface area contributed by atoms with Gasteiger partial charge < -0.3 is 4.90 Å². The molecular formula is C23H26ClN3O. The van der Waals surface area contributed by atoms with Gasteiger partial charge in [0.15, 0.2) is 0 Å². The van der Waals surface area contributed by atoms with E-state index in [0.29, 0.717) is 17.5 Å². The zero-order valence-electron chi connectivity index (χ0n) is 16.1. The summed E-state index contributed by atoms with van der Waals surface area (Å²) in [7, 11) is 0. The number of hydrogen-bond donors (Lipinski definition) is 1. The zero-order chi connectivity index (χ0) is 18.9. The number of rotatable bonds is 2. The SMILES string of the molecule is O=C(N1CCc2[nH]nc(-c3cccc(Cl)c3)c2C1)C12CC3CC(CC(C3)C1)C2. The Kier molecular flexibility index (Phi) is 3.72. The van der Waals surface area contributed by atoms with Gasteiger partial charge in [-0.05, 0) is 68.4 Å². The van der Waals surface area contributed by atoms with Crippen molar-refractivity contribution in [2.75, 3.05) is 6.54 Å². The van der Waals surface area contributed by atoms with Crippen LogP contribution in [0.3, 0.4) is 0 Å². The molecule has 4 bridgehead atoms. The number of nitrogens with one attached hydrogen (secondary N) is 1. The van der Waals surface area contributed by atoms with E-state index >= 15 is 0 Å². The first-order chi connectivity index (χ1) is 13.6. The number of aromatic nitrogens is 2. The molecule has 4 fully saturated rings. The minimum absolute atomic E-state index is 0.0633. The van der Waals surface area contributed by atoms with Gasteiger partial charge in [-0.2, -0.15) is 5.10 Å². The summed E-state index contributed by atoms with van der Waals surface area (Å²) in [5.41, 5.74) is 4.25. The minimum Gasteiger partial charge on any atom is -0.337 e. The van der Waals surface area contributed by atoms with Crippen molar-refractivity contribution < 1.29 is 4.79 Å². The number of nitrogens with zero attached hydrogens (tertiary/aromatic N) is 2. The second-order valence-electron chi connectivity index (χ2n) is 9.71. The summed E-state index contributed by atoms with van der Waals surface area (Å²) in [4.78, 5) is 15.9. The number of benzene rings is 1. The van der Waals surface area contributed by atoms with Gasteiger partial charge in [-0.15, -0.1) is 0 Å². The van der Waals surface area contributed by atoms with Crippen LogP contribution in [0, 0.1) is 23.2 Å². The van der Waals surface area contributed by atoms with Crippen LogP contribution in [-0.2, 0) is 17.8 Å². The Morgan fingerprint density at radius 1 is 1.14 bits per heavy atom. The van der Waals surface area contributed by atoms with Crippen LogP contribution < -0.4 is 0 Å². The van der Waals surface area contributed by atoms with Crippen LogP contribution in [0.5, 0.6) is 0 Å². The number of carbonyl (C=O) groups excluding carboxylic acids is 1. The molecule has 2 heterocycles. The number of hydrogen-bond acceptors (Lipinski definition) is 2. The largest absolute Gasteiger partial charge is 0.337 e. The predicted molar refractivity (Wildman–Crippen MR) is 109 cm³/mol. The molecule has 1 aromatic heterocycles. The van der Waals surface area contributed by atoms with Gasteiger partial charge in [0, 0.05) is 41.4 Å². The first-order valence-corrected chi connectivity index (χ1v) is 11.1. The summed E-state index contributed by atoms with van der Waals surface area (Å²) in [6, 6.07) is 7.84. The Labute approximate surface area is 170 Å². The number of amides is 1. The lowest BCUT2D eigenvalue weighted by Crippen LogP contribution is -2.55. The third-order valence-electron chi connectivity index (χ3n) is 7.81. The Balaban J connectivity index is 1.30. The summed E-state index contributed by atoms with van der Waals surface area (Å²) in [5.74, 6) is 2.82. The number of halogens is 1. The molecule has 0 atom stereocenters. The molecule has 1 aromatic carbocycles. The van der Waals surface area contributed by atoms with Crippen LogP contribution in [-0.4, -0.2) is 27.5 Å². The molecule has 4 nitrogen and oxygen atoms in total. The van der Waals surface area contributed by atoms with Crippen molar-refractivity contribution in [3.8, 4) is 11.3 Å². The molecule has 0 spiro atoms. The van der Waals surface area contributed by atoms with Gasteiger partial charge >= 0.3 is 0 Å². The van der Waals surface area contributed by atoms with Gasteiger partial charge in [0.25, 0.3) is 0 Å². The molecule has 0 radical (unpaired) electrons. The molecule has 1 aliphatic heterocycles. The summed E-state index contributed by atoms with van der Waals surface area (Å²) in [6.07, 6.45) is 8.38. The molecule has 1 amide bonds. The van der Waals surface area contributed by atoms with Crippen LogP contribution in [0.15, 0.2) is 24.3 Å². The lowest BCUT2D eigenvalue weighted by molar-refractivity contribution is -0.158. The van der Waals surface area contributed by atoms with Gasteiger partial charge in [-0.25, -0.2) is 0 Å². The highest BCUT2D eigenvalue weighted by molar-refractivity contribution is 6.30. The average molecular weight is 396 g/mol. The summed E-state index contributed by atoms with van der Waals surface area (Å²) in [5, 5.41) is 8.50. The van der Waals surface area contributed by atoms with Crippen LogP contribution in [0.25, 0.3) is 11.3 Å². The fourth-order valence-electron chi connectivity index (χ4n) is 7.05. The standard InChI is InChI=1S/C23H26ClN3O/c24-18-3-1-2-17(9-18)21-19-13-27(5-4-20(19)25-26-21)22(28)23-10-14-6-15(11-23)8-16(7-14)12-23/h1-3,9,14-16H,4-8,10-13H2,(H,25,26). The van der Waals surface area contributed by atoms with E-state index in [1.54, 1.807) is 0 Å². The second-order valence-corrected chi connectivity index (χ2v) is 10.2. The Morgan fingerprint density at radius 2 is 1.86 bits per heavy atom. The van der Waals surface area contributed by atoms with Crippen molar-refractivity contribution in [2.24, 2.45) is 23.2 Å². The van der Waals surface area contributed by atoms with Crippen LogP contribution in [0.4, 0.5) is 0 Å². The van der Waals surface area contributed by atoms with Crippen LogP contribution in [0.2, 0.25) is 5.02 Å². The van der Waals surface area contributed by atoms with Crippen molar-refractivity contribution in [3.63, 3.8) is 0 Å². The normalized spacial score (nSPS) is 33.2. The van der Waals surface area contributed by atoms with E-state index < -0.39 is 0 Å². The van der Waals surface area contributed by atoms with Gasteiger partial charge in [0.1, 0.15) is 0 Å². The molecular weight excluding hydrogens is 370 g/mol. The minimum atomic E-state index is -0.0633. The highest BCUT2D eigenvalue weighted by Crippen LogP contribution is 2.60. The van der Waals surface area contributed by atoms with Crippen molar-refractivity contribution in [2.45, 2.75) is 51.5 Å². The van der Waals surface area contributed by atoms with Gasteiger partial charge in [-0.1, -0.05) is 23.7 Å². The highest BCUT2D eigenvalue weighted by atomic mass is 35.5. The highest BCUT2D eigenvalue weighted by Gasteiger charge is 2.55. The molecule has 146 valence electrons. The van der Waals surface area contributed by atoms with Crippen LogP contribution >= 0.6 is 11.6 Å². The van der Waals surface area contributed by atoms with Crippen molar-refractivity contribution >= 4 is 17.5 Å². The maximum Gasteiger partial charge on any atom is 0.229 e. The monoisotopic (exact) mass is 395 g/mol. The molecule has 28 heavy (non-hydrogen) atoms. The smallest absolute Gasteiger partial charge is 0.229 e.